The Morgan fingerprint density at radius 1 is 0.368 bits per heavy atom. The van der Waals surface area contributed by atoms with E-state index in [2.05, 4.69) is 55.6 Å². The van der Waals surface area contributed by atoms with E-state index in [-0.39, 0.29) is 6.61 Å². The van der Waals surface area contributed by atoms with E-state index in [4.69, 9.17) is 0 Å². The van der Waals surface area contributed by atoms with Crippen molar-refractivity contribution in [3.05, 3.63) is 48.6 Å². The lowest BCUT2D eigenvalue weighted by Gasteiger charge is -2.21. The molecule has 68 heavy (non-hydrogen) atoms. The van der Waals surface area contributed by atoms with E-state index >= 15 is 0 Å². The molecule has 0 aliphatic rings. The van der Waals surface area contributed by atoms with Gasteiger partial charge in [0.25, 0.3) is 0 Å². The zero-order valence-corrected chi connectivity index (χ0v) is 45.7. The summed E-state index contributed by atoms with van der Waals surface area (Å²) in [5.41, 5.74) is 0. The van der Waals surface area contributed by atoms with E-state index in [0.29, 0.717) is 6.42 Å². The predicted octanol–water partition coefficient (Wildman–Crippen LogP) is 19.2. The molecule has 3 unspecified atom stereocenters. The van der Waals surface area contributed by atoms with Crippen molar-refractivity contribution < 1.29 is 20.1 Å². The molecule has 3 atom stereocenters. The summed E-state index contributed by atoms with van der Waals surface area (Å²) in [6.45, 7) is 4.20. The molecule has 0 aromatic heterocycles. The highest BCUT2D eigenvalue weighted by atomic mass is 16.3. The first-order valence-electron chi connectivity index (χ1n) is 30.5. The Bertz CT molecular complexity index is 1100. The second-order valence-corrected chi connectivity index (χ2v) is 20.9. The molecule has 5 heteroatoms. The van der Waals surface area contributed by atoms with Crippen LogP contribution in [-0.4, -0.2) is 46.1 Å². The van der Waals surface area contributed by atoms with Gasteiger partial charge in [-0.15, -0.1) is 0 Å². The molecule has 0 rings (SSSR count). The third-order valence-electron chi connectivity index (χ3n) is 14.1. The van der Waals surface area contributed by atoms with Gasteiger partial charge in [-0.25, -0.2) is 0 Å². The van der Waals surface area contributed by atoms with Crippen molar-refractivity contribution in [1.82, 2.24) is 5.32 Å². The van der Waals surface area contributed by atoms with E-state index in [1.54, 1.807) is 6.08 Å². The molecule has 0 aromatic rings. The smallest absolute Gasteiger partial charge is 0.249 e. The SMILES string of the molecule is CCCCCCCCCCCCCC/C=C/CC/C=C/C(O)C(CO)NC(=O)C(O)CCCCCCCCCCCCCCCCCC/C=C\C/C=C\CCCCCCCCCCCCCCC. The Morgan fingerprint density at radius 3 is 0.985 bits per heavy atom. The summed E-state index contributed by atoms with van der Waals surface area (Å²) in [5, 5.41) is 33.3. The molecule has 0 fully saturated rings. The van der Waals surface area contributed by atoms with Crippen LogP contribution in [0.3, 0.4) is 0 Å². The number of carbonyl (C=O) groups excluding carboxylic acids is 1. The molecule has 0 bridgehead atoms. The largest absolute Gasteiger partial charge is 0.394 e. The summed E-state index contributed by atoms with van der Waals surface area (Å²) in [4.78, 5) is 12.6. The van der Waals surface area contributed by atoms with Crippen LogP contribution < -0.4 is 5.32 Å². The van der Waals surface area contributed by atoms with Crippen molar-refractivity contribution in [3.63, 3.8) is 0 Å². The first-order valence-corrected chi connectivity index (χ1v) is 30.5. The third-order valence-corrected chi connectivity index (χ3v) is 14.1. The van der Waals surface area contributed by atoms with Gasteiger partial charge in [-0.1, -0.05) is 306 Å². The number of nitrogens with one attached hydrogen (secondary N) is 1. The average Bonchev–Trinajstić information content (AvgIpc) is 3.34. The van der Waals surface area contributed by atoms with Gasteiger partial charge in [0, 0.05) is 0 Å². The Balaban J connectivity index is 3.54. The fourth-order valence-corrected chi connectivity index (χ4v) is 9.41. The topological polar surface area (TPSA) is 89.8 Å². The second kappa shape index (κ2) is 57.9. The first kappa shape index (κ1) is 66.3. The lowest BCUT2D eigenvalue weighted by atomic mass is 10.0. The molecule has 1 amide bonds. The molecule has 400 valence electrons. The van der Waals surface area contributed by atoms with Crippen molar-refractivity contribution in [2.45, 2.75) is 340 Å². The number of hydrogen-bond acceptors (Lipinski definition) is 4. The van der Waals surface area contributed by atoms with Gasteiger partial charge in [0.2, 0.25) is 5.91 Å². The third kappa shape index (κ3) is 52.1. The maximum absolute atomic E-state index is 12.6. The quantitative estimate of drug-likeness (QED) is 0.0361. The van der Waals surface area contributed by atoms with Gasteiger partial charge in [0.1, 0.15) is 6.10 Å². The minimum absolute atomic E-state index is 0.375. The van der Waals surface area contributed by atoms with E-state index < -0.39 is 24.2 Å². The summed E-state index contributed by atoms with van der Waals surface area (Å²) in [7, 11) is 0. The minimum atomic E-state index is -1.11. The number of amides is 1. The average molecular weight is 955 g/mol. The predicted molar refractivity (Wildman–Crippen MR) is 301 cm³/mol. The molecule has 0 saturated carbocycles. The van der Waals surface area contributed by atoms with Crippen LogP contribution in [0.5, 0.6) is 0 Å². The van der Waals surface area contributed by atoms with Crippen LogP contribution in [0.1, 0.15) is 322 Å². The zero-order chi connectivity index (χ0) is 49.3. The van der Waals surface area contributed by atoms with Gasteiger partial charge in [-0.05, 0) is 64.2 Å². The molecule has 0 aliphatic carbocycles. The van der Waals surface area contributed by atoms with Gasteiger partial charge < -0.3 is 20.6 Å². The highest BCUT2D eigenvalue weighted by Gasteiger charge is 2.22. The second-order valence-electron chi connectivity index (χ2n) is 20.9. The van der Waals surface area contributed by atoms with Crippen LogP contribution in [-0.2, 0) is 4.79 Å². The molecule has 0 aliphatic heterocycles. The molecule has 5 nitrogen and oxygen atoms in total. The maximum atomic E-state index is 12.6. The van der Waals surface area contributed by atoms with Gasteiger partial charge in [0.05, 0.1) is 18.8 Å². The molecule has 0 radical (unpaired) electrons. The van der Waals surface area contributed by atoms with Gasteiger partial charge in [-0.3, -0.25) is 4.79 Å². The fraction of sp³-hybridized carbons (Fsp3) is 0.857. The van der Waals surface area contributed by atoms with Crippen molar-refractivity contribution in [2.24, 2.45) is 0 Å². The Labute approximate surface area is 425 Å². The Hall–Kier alpha value is -1.69. The van der Waals surface area contributed by atoms with Crippen LogP contribution >= 0.6 is 0 Å². The summed E-state index contributed by atoms with van der Waals surface area (Å²) in [6.07, 6.45) is 77.9. The van der Waals surface area contributed by atoms with E-state index in [1.165, 1.54) is 257 Å². The van der Waals surface area contributed by atoms with Gasteiger partial charge >= 0.3 is 0 Å². The highest BCUT2D eigenvalue weighted by molar-refractivity contribution is 5.80. The molecule has 0 saturated heterocycles. The Kier molecular flexibility index (Phi) is 56.4. The first-order chi connectivity index (χ1) is 33.6. The zero-order valence-electron chi connectivity index (χ0n) is 45.7. The lowest BCUT2D eigenvalue weighted by Crippen LogP contribution is -2.48. The summed E-state index contributed by atoms with van der Waals surface area (Å²) in [6, 6.07) is -0.816. The monoisotopic (exact) mass is 954 g/mol. The van der Waals surface area contributed by atoms with Crippen molar-refractivity contribution in [1.29, 1.82) is 0 Å². The van der Waals surface area contributed by atoms with Crippen LogP contribution in [0, 0.1) is 0 Å². The molecule has 0 aromatic carbocycles. The van der Waals surface area contributed by atoms with Crippen molar-refractivity contribution in [2.75, 3.05) is 6.61 Å². The number of carbonyl (C=O) groups is 1. The number of hydrogen-bond donors (Lipinski definition) is 4. The van der Waals surface area contributed by atoms with E-state index in [1.807, 2.05) is 6.08 Å². The van der Waals surface area contributed by atoms with Crippen molar-refractivity contribution in [3.8, 4) is 0 Å². The number of aliphatic hydroxyl groups is 3. The normalized spacial score (nSPS) is 13.5. The molecule has 0 heterocycles. The number of allylic oxidation sites excluding steroid dienone is 7. The number of unbranched alkanes of at least 4 members (excludes halogenated alkanes) is 42. The standard InChI is InChI=1S/C63H119NO4/c1-3-5-7-9-11-13-15-17-19-21-23-24-25-26-27-28-29-30-31-32-33-34-35-36-37-38-39-40-42-44-46-48-50-52-54-56-58-62(67)63(68)64-60(59-65)61(66)57-55-53-51-49-47-45-43-41-22-20-18-16-14-12-10-8-6-4-2/h27-28,30-31,47,49,55,57,60-62,65-67H,3-26,29,32-46,48,50-54,56,58-59H2,1-2H3,(H,64,68)/b28-27-,31-30-,49-47+,57-55+. The molecule has 4 N–H and O–H groups in total. The van der Waals surface area contributed by atoms with Crippen LogP contribution in [0.2, 0.25) is 0 Å². The van der Waals surface area contributed by atoms with Crippen LogP contribution in [0.15, 0.2) is 48.6 Å². The summed E-state index contributed by atoms with van der Waals surface area (Å²) >= 11 is 0. The maximum Gasteiger partial charge on any atom is 0.249 e. The van der Waals surface area contributed by atoms with E-state index in [9.17, 15) is 20.1 Å². The Morgan fingerprint density at radius 2 is 0.647 bits per heavy atom. The molecule has 0 spiro atoms. The van der Waals surface area contributed by atoms with Crippen LogP contribution in [0.25, 0.3) is 0 Å². The van der Waals surface area contributed by atoms with Gasteiger partial charge in [-0.2, -0.15) is 0 Å². The summed E-state index contributed by atoms with van der Waals surface area (Å²) in [5.74, 6) is -0.510. The van der Waals surface area contributed by atoms with Crippen molar-refractivity contribution >= 4 is 5.91 Å². The number of aliphatic hydroxyl groups excluding tert-OH is 3. The van der Waals surface area contributed by atoms with Crippen LogP contribution in [0.4, 0.5) is 0 Å². The van der Waals surface area contributed by atoms with Gasteiger partial charge in [0.15, 0.2) is 0 Å². The number of rotatable bonds is 56. The van der Waals surface area contributed by atoms with E-state index in [0.717, 1.165) is 44.9 Å². The summed E-state index contributed by atoms with van der Waals surface area (Å²) < 4.78 is 0. The fourth-order valence-electron chi connectivity index (χ4n) is 9.41. The lowest BCUT2D eigenvalue weighted by molar-refractivity contribution is -0.131. The molecular weight excluding hydrogens is 835 g/mol. The minimum Gasteiger partial charge on any atom is -0.394 e. The highest BCUT2D eigenvalue weighted by Crippen LogP contribution is 2.17. The molecular formula is C63H119NO4.